The van der Waals surface area contributed by atoms with E-state index in [9.17, 15) is 4.79 Å². The summed E-state index contributed by atoms with van der Waals surface area (Å²) in [5.41, 5.74) is 5.91. The number of hydrogen-bond acceptors (Lipinski definition) is 3. The number of hydroxylamine groups is 1. The molecule has 132 valence electrons. The molecule has 0 heterocycles. The topological polar surface area (TPSA) is 38.3 Å². The first kappa shape index (κ1) is 18.2. The van der Waals surface area contributed by atoms with Gasteiger partial charge in [0.1, 0.15) is 0 Å². The second kappa shape index (κ2) is 9.80. The van der Waals surface area contributed by atoms with E-state index in [1.807, 2.05) is 66.7 Å². The summed E-state index contributed by atoms with van der Waals surface area (Å²) in [4.78, 5) is 17.5. The lowest BCUT2D eigenvalue weighted by Crippen LogP contribution is -2.25. The van der Waals surface area contributed by atoms with Gasteiger partial charge in [0.2, 0.25) is 0 Å². The third-order valence-electron chi connectivity index (χ3n) is 3.85. The van der Waals surface area contributed by atoms with Gasteiger partial charge < -0.3 is 0 Å². The number of carbonyl (C=O) groups excluding carboxylic acids is 1. The van der Waals surface area contributed by atoms with Crippen molar-refractivity contribution >= 4 is 17.7 Å². The molecule has 0 aliphatic heterocycles. The van der Waals surface area contributed by atoms with E-state index in [2.05, 4.69) is 29.7 Å². The van der Waals surface area contributed by atoms with Crippen LogP contribution in [-0.2, 0) is 16.2 Å². The Morgan fingerprint density at radius 3 is 1.85 bits per heavy atom. The third kappa shape index (κ3) is 5.48. The summed E-state index contributed by atoms with van der Waals surface area (Å²) in [5.74, 6) is 0.186. The van der Waals surface area contributed by atoms with Crippen LogP contribution >= 0.6 is 11.8 Å². The number of rotatable bonds is 8. The molecule has 4 heteroatoms. The normalized spacial score (nSPS) is 10.7. The first-order valence-corrected chi connectivity index (χ1v) is 9.54. The maximum absolute atomic E-state index is 12.1. The zero-order valence-electron chi connectivity index (χ0n) is 14.4. The van der Waals surface area contributed by atoms with Crippen molar-refractivity contribution in [2.75, 3.05) is 5.75 Å². The number of thioether (sulfide) groups is 1. The molecule has 3 aromatic rings. The van der Waals surface area contributed by atoms with Crippen LogP contribution in [0.15, 0.2) is 91.0 Å². The van der Waals surface area contributed by atoms with Gasteiger partial charge in [-0.1, -0.05) is 91.0 Å². The molecule has 1 amide bonds. The highest BCUT2D eigenvalue weighted by Gasteiger charge is 2.16. The van der Waals surface area contributed by atoms with E-state index in [4.69, 9.17) is 4.84 Å². The fourth-order valence-corrected chi connectivity index (χ4v) is 3.68. The number of benzene rings is 3. The van der Waals surface area contributed by atoms with Gasteiger partial charge in [0.25, 0.3) is 5.91 Å². The molecule has 26 heavy (non-hydrogen) atoms. The summed E-state index contributed by atoms with van der Waals surface area (Å²) in [6, 6.07) is 30.2. The van der Waals surface area contributed by atoms with Gasteiger partial charge in [-0.3, -0.25) is 9.63 Å². The molecule has 0 atom stereocenters. The average Bonchev–Trinajstić information content (AvgIpc) is 2.71. The number of amides is 1. The summed E-state index contributed by atoms with van der Waals surface area (Å²) >= 11 is 1.59. The van der Waals surface area contributed by atoms with Crippen molar-refractivity contribution in [3.05, 3.63) is 108 Å². The Labute approximate surface area is 158 Å². The molecular weight excluding hydrogens is 342 g/mol. The van der Waals surface area contributed by atoms with E-state index in [-0.39, 0.29) is 11.2 Å². The summed E-state index contributed by atoms with van der Waals surface area (Å²) < 4.78 is 0. The van der Waals surface area contributed by atoms with Gasteiger partial charge in [0.05, 0.1) is 17.6 Å². The average molecular weight is 363 g/mol. The van der Waals surface area contributed by atoms with Crippen molar-refractivity contribution in [1.82, 2.24) is 5.48 Å². The quantitative estimate of drug-likeness (QED) is 0.587. The van der Waals surface area contributed by atoms with Crippen LogP contribution in [0.5, 0.6) is 0 Å². The first-order valence-electron chi connectivity index (χ1n) is 8.49. The Balaban J connectivity index is 1.55. The smallest absolute Gasteiger partial charge is 0.253 e. The van der Waals surface area contributed by atoms with E-state index < -0.39 is 0 Å². The molecule has 0 aliphatic rings. The van der Waals surface area contributed by atoms with Crippen LogP contribution in [0.25, 0.3) is 0 Å². The van der Waals surface area contributed by atoms with Gasteiger partial charge in [-0.25, -0.2) is 5.48 Å². The fraction of sp³-hybridized carbons (Fsp3) is 0.136. The fourth-order valence-electron chi connectivity index (χ4n) is 2.60. The lowest BCUT2D eigenvalue weighted by molar-refractivity contribution is -0.131. The standard InChI is InChI=1S/C22H21NO2S/c24-21(23-25-16-18-10-4-1-5-11-18)17-26-22(19-12-6-2-7-13-19)20-14-8-3-9-15-20/h1-15,22H,16-17H2,(H,23,24). The zero-order chi connectivity index (χ0) is 18.0. The summed E-state index contributed by atoms with van der Waals surface area (Å²) in [6.07, 6.45) is 0. The largest absolute Gasteiger partial charge is 0.272 e. The maximum Gasteiger partial charge on any atom is 0.253 e. The Bertz CT molecular complexity index is 755. The second-order valence-electron chi connectivity index (χ2n) is 5.81. The molecule has 1 N–H and O–H groups in total. The molecule has 0 saturated carbocycles. The predicted molar refractivity (Wildman–Crippen MR) is 107 cm³/mol. The van der Waals surface area contributed by atoms with Gasteiger partial charge in [-0.05, 0) is 16.7 Å². The van der Waals surface area contributed by atoms with Crippen LogP contribution in [0.2, 0.25) is 0 Å². The number of nitrogens with one attached hydrogen (secondary N) is 1. The van der Waals surface area contributed by atoms with Crippen molar-refractivity contribution in [1.29, 1.82) is 0 Å². The first-order chi connectivity index (χ1) is 12.8. The van der Waals surface area contributed by atoms with Crippen LogP contribution in [0.4, 0.5) is 0 Å². The molecule has 0 bridgehead atoms. The molecule has 0 fully saturated rings. The van der Waals surface area contributed by atoms with Crippen molar-refractivity contribution in [3.63, 3.8) is 0 Å². The van der Waals surface area contributed by atoms with E-state index >= 15 is 0 Å². The lowest BCUT2D eigenvalue weighted by Gasteiger charge is -2.17. The van der Waals surface area contributed by atoms with E-state index in [1.54, 1.807) is 11.8 Å². The molecule has 0 spiro atoms. The highest BCUT2D eigenvalue weighted by Crippen LogP contribution is 2.35. The predicted octanol–water partition coefficient (Wildman–Crippen LogP) is 4.76. The SMILES string of the molecule is O=C(CSC(c1ccccc1)c1ccccc1)NOCc1ccccc1. The van der Waals surface area contributed by atoms with Crippen molar-refractivity contribution in [2.24, 2.45) is 0 Å². The molecule has 3 aromatic carbocycles. The number of hydrogen-bond donors (Lipinski definition) is 1. The van der Waals surface area contributed by atoms with Crippen LogP contribution in [-0.4, -0.2) is 11.7 Å². The van der Waals surface area contributed by atoms with Gasteiger partial charge >= 0.3 is 0 Å². The van der Waals surface area contributed by atoms with Crippen molar-refractivity contribution in [2.45, 2.75) is 11.9 Å². The monoisotopic (exact) mass is 363 g/mol. The Kier molecular flexibility index (Phi) is 6.88. The maximum atomic E-state index is 12.1. The lowest BCUT2D eigenvalue weighted by atomic mass is 10.0. The van der Waals surface area contributed by atoms with Crippen LogP contribution < -0.4 is 5.48 Å². The van der Waals surface area contributed by atoms with Crippen LogP contribution in [0.1, 0.15) is 21.9 Å². The van der Waals surface area contributed by atoms with Crippen molar-refractivity contribution in [3.8, 4) is 0 Å². The summed E-state index contributed by atoms with van der Waals surface area (Å²) in [7, 11) is 0. The van der Waals surface area contributed by atoms with Gasteiger partial charge in [0, 0.05) is 0 Å². The molecular formula is C22H21NO2S. The molecule has 3 rings (SSSR count). The van der Waals surface area contributed by atoms with Gasteiger partial charge in [0.15, 0.2) is 0 Å². The summed E-state index contributed by atoms with van der Waals surface area (Å²) in [5, 5.41) is 0.109. The zero-order valence-corrected chi connectivity index (χ0v) is 15.2. The van der Waals surface area contributed by atoms with Crippen LogP contribution in [0.3, 0.4) is 0 Å². The number of carbonyl (C=O) groups is 1. The van der Waals surface area contributed by atoms with E-state index in [0.717, 1.165) is 5.56 Å². The second-order valence-corrected chi connectivity index (χ2v) is 6.91. The molecule has 0 aromatic heterocycles. The van der Waals surface area contributed by atoms with Gasteiger partial charge in [-0.2, -0.15) is 0 Å². The Morgan fingerprint density at radius 1 is 0.808 bits per heavy atom. The minimum absolute atomic E-state index is 0.109. The highest BCUT2D eigenvalue weighted by molar-refractivity contribution is 8.00. The minimum Gasteiger partial charge on any atom is -0.272 e. The molecule has 0 aliphatic carbocycles. The molecule has 0 saturated heterocycles. The Hall–Kier alpha value is -2.56. The molecule has 0 radical (unpaired) electrons. The Morgan fingerprint density at radius 2 is 1.31 bits per heavy atom. The summed E-state index contributed by atoms with van der Waals surface area (Å²) in [6.45, 7) is 0.359. The highest BCUT2D eigenvalue weighted by atomic mass is 32.2. The van der Waals surface area contributed by atoms with Crippen molar-refractivity contribution < 1.29 is 9.63 Å². The van der Waals surface area contributed by atoms with E-state index in [1.165, 1.54) is 11.1 Å². The minimum atomic E-state index is -0.136. The van der Waals surface area contributed by atoms with E-state index in [0.29, 0.717) is 12.4 Å². The molecule has 3 nitrogen and oxygen atoms in total. The van der Waals surface area contributed by atoms with Gasteiger partial charge in [-0.15, -0.1) is 11.8 Å². The van der Waals surface area contributed by atoms with Crippen LogP contribution in [0, 0.1) is 0 Å². The molecule has 0 unspecified atom stereocenters. The third-order valence-corrected chi connectivity index (χ3v) is 5.16.